The van der Waals surface area contributed by atoms with Crippen LogP contribution >= 0.6 is 0 Å². The third kappa shape index (κ3) is 2.52. The van der Waals surface area contributed by atoms with Gasteiger partial charge in [-0.05, 0) is 13.0 Å². The lowest BCUT2D eigenvalue weighted by atomic mass is 10.2. The number of nitrogens with two attached hydrogens (primary N) is 1. The van der Waals surface area contributed by atoms with Gasteiger partial charge >= 0.3 is 0 Å². The van der Waals surface area contributed by atoms with E-state index in [0.717, 1.165) is 29.9 Å². The molecule has 5 heteroatoms. The largest absolute Gasteiger partial charge is 0.370 e. The summed E-state index contributed by atoms with van der Waals surface area (Å²) < 4.78 is 5.75. The van der Waals surface area contributed by atoms with Gasteiger partial charge in [-0.1, -0.05) is 18.2 Å². The zero-order valence-electron chi connectivity index (χ0n) is 11.0. The predicted molar refractivity (Wildman–Crippen MR) is 75.1 cm³/mol. The van der Waals surface area contributed by atoms with E-state index in [9.17, 15) is 0 Å². The summed E-state index contributed by atoms with van der Waals surface area (Å²) in [5, 5.41) is 1.06. The lowest BCUT2D eigenvalue weighted by Crippen LogP contribution is -2.49. The molecule has 0 bridgehead atoms. The van der Waals surface area contributed by atoms with Crippen LogP contribution in [0, 0.1) is 0 Å². The molecule has 0 amide bonds. The smallest absolute Gasteiger partial charge is 0.226 e. The minimum absolute atomic E-state index is 0.0545. The van der Waals surface area contributed by atoms with Crippen molar-refractivity contribution >= 4 is 16.9 Å². The molecule has 0 spiro atoms. The molecule has 2 N–H and O–H groups in total. The van der Waals surface area contributed by atoms with E-state index < -0.39 is 0 Å². The number of ether oxygens (including phenoxy) is 1. The van der Waals surface area contributed by atoms with E-state index in [1.54, 1.807) is 0 Å². The number of aromatic nitrogens is 2. The van der Waals surface area contributed by atoms with Crippen molar-refractivity contribution in [3.63, 3.8) is 0 Å². The first kappa shape index (κ1) is 12.3. The number of benzene rings is 1. The molecule has 5 nitrogen and oxygen atoms in total. The average Bonchev–Trinajstić information content (AvgIpc) is 2.46. The normalized spacial score (nSPS) is 23.8. The highest BCUT2D eigenvalue weighted by Gasteiger charge is 2.25. The van der Waals surface area contributed by atoms with Crippen molar-refractivity contribution in [3.05, 3.63) is 30.5 Å². The van der Waals surface area contributed by atoms with Crippen LogP contribution in [0.3, 0.4) is 0 Å². The molecular formula is C14H18N4O. The van der Waals surface area contributed by atoms with Crippen molar-refractivity contribution in [3.8, 4) is 0 Å². The molecule has 3 rings (SSSR count). The summed E-state index contributed by atoms with van der Waals surface area (Å²) >= 11 is 0. The van der Waals surface area contributed by atoms with Gasteiger partial charge in [0.2, 0.25) is 5.95 Å². The highest BCUT2D eigenvalue weighted by atomic mass is 16.5. The van der Waals surface area contributed by atoms with E-state index in [1.165, 1.54) is 0 Å². The van der Waals surface area contributed by atoms with Crippen LogP contribution in [0.5, 0.6) is 0 Å². The van der Waals surface area contributed by atoms with E-state index in [1.807, 2.05) is 30.5 Å². The second kappa shape index (κ2) is 5.11. The Hall–Kier alpha value is -1.72. The van der Waals surface area contributed by atoms with Gasteiger partial charge in [0.1, 0.15) is 0 Å². The van der Waals surface area contributed by atoms with Crippen LogP contribution < -0.4 is 10.6 Å². The number of hydrogen-bond acceptors (Lipinski definition) is 5. The molecule has 1 aromatic heterocycles. The summed E-state index contributed by atoms with van der Waals surface area (Å²) in [5.41, 5.74) is 6.67. The highest BCUT2D eigenvalue weighted by molar-refractivity contribution is 5.78. The molecule has 19 heavy (non-hydrogen) atoms. The Morgan fingerprint density at radius 3 is 3.05 bits per heavy atom. The molecule has 2 aromatic rings. The number of fused-ring (bicyclic) bond motifs is 1. The molecule has 1 saturated heterocycles. The van der Waals surface area contributed by atoms with E-state index in [2.05, 4.69) is 21.8 Å². The molecule has 1 aliphatic rings. The molecule has 2 atom stereocenters. The standard InChI is InChI=1S/C14H18N4O/c1-10-8-18(9-12(6-15)19-10)14-16-7-11-4-2-3-5-13(11)17-14/h2-5,7,10,12H,6,8-9,15H2,1H3. The molecule has 2 heterocycles. The maximum Gasteiger partial charge on any atom is 0.226 e. The van der Waals surface area contributed by atoms with Crippen LogP contribution in [0.25, 0.3) is 10.9 Å². The van der Waals surface area contributed by atoms with Gasteiger partial charge in [-0.25, -0.2) is 9.97 Å². The molecule has 1 aliphatic heterocycles. The average molecular weight is 258 g/mol. The van der Waals surface area contributed by atoms with Crippen molar-refractivity contribution < 1.29 is 4.74 Å². The summed E-state index contributed by atoms with van der Waals surface area (Å²) in [4.78, 5) is 11.2. The third-order valence-electron chi connectivity index (χ3n) is 3.35. The van der Waals surface area contributed by atoms with Crippen molar-refractivity contribution in [2.45, 2.75) is 19.1 Å². The minimum atomic E-state index is 0.0545. The van der Waals surface area contributed by atoms with Gasteiger partial charge in [0.05, 0.1) is 17.7 Å². The van der Waals surface area contributed by atoms with Gasteiger partial charge in [-0.2, -0.15) is 0 Å². The first-order valence-corrected chi connectivity index (χ1v) is 6.58. The van der Waals surface area contributed by atoms with Crippen LogP contribution in [-0.4, -0.2) is 41.8 Å². The topological polar surface area (TPSA) is 64.3 Å². The molecular weight excluding hydrogens is 240 g/mol. The molecule has 2 unspecified atom stereocenters. The number of rotatable bonds is 2. The van der Waals surface area contributed by atoms with Crippen LogP contribution in [0.15, 0.2) is 30.5 Å². The van der Waals surface area contributed by atoms with Crippen molar-refractivity contribution in [2.24, 2.45) is 5.73 Å². The molecule has 0 saturated carbocycles. The summed E-state index contributed by atoms with van der Waals surface area (Å²) in [6.45, 7) is 4.12. The Morgan fingerprint density at radius 1 is 1.37 bits per heavy atom. The quantitative estimate of drug-likeness (QED) is 0.876. The van der Waals surface area contributed by atoms with Crippen molar-refractivity contribution in [2.75, 3.05) is 24.5 Å². The number of anilines is 1. The monoisotopic (exact) mass is 258 g/mol. The maximum absolute atomic E-state index is 5.75. The first-order chi connectivity index (χ1) is 9.26. The van der Waals surface area contributed by atoms with Gasteiger partial charge in [0.25, 0.3) is 0 Å². The first-order valence-electron chi connectivity index (χ1n) is 6.58. The maximum atomic E-state index is 5.75. The molecule has 1 fully saturated rings. The molecule has 1 aromatic carbocycles. The van der Waals surface area contributed by atoms with E-state index >= 15 is 0 Å². The predicted octanol–water partition coefficient (Wildman–Crippen LogP) is 1.18. The molecule has 100 valence electrons. The van der Waals surface area contributed by atoms with Gasteiger partial charge in [0, 0.05) is 31.2 Å². The SMILES string of the molecule is CC1CN(c2ncc3ccccc3n2)CC(CN)O1. The van der Waals surface area contributed by atoms with Gasteiger partial charge in [0.15, 0.2) is 0 Å². The van der Waals surface area contributed by atoms with Crippen LogP contribution in [-0.2, 0) is 4.74 Å². The Labute approximate surface area is 112 Å². The van der Waals surface area contributed by atoms with Gasteiger partial charge in [-0.15, -0.1) is 0 Å². The Balaban J connectivity index is 1.90. The third-order valence-corrected chi connectivity index (χ3v) is 3.35. The van der Waals surface area contributed by atoms with Crippen molar-refractivity contribution in [1.29, 1.82) is 0 Å². The van der Waals surface area contributed by atoms with E-state index in [4.69, 9.17) is 10.5 Å². The Kier molecular flexibility index (Phi) is 3.31. The molecule has 0 aliphatic carbocycles. The van der Waals surface area contributed by atoms with E-state index in [-0.39, 0.29) is 12.2 Å². The lowest BCUT2D eigenvalue weighted by Gasteiger charge is -2.36. The number of hydrogen-bond donors (Lipinski definition) is 1. The van der Waals surface area contributed by atoms with E-state index in [0.29, 0.717) is 6.54 Å². The van der Waals surface area contributed by atoms with Crippen molar-refractivity contribution in [1.82, 2.24) is 9.97 Å². The Morgan fingerprint density at radius 2 is 2.21 bits per heavy atom. The Bertz CT molecular complexity index is 574. The zero-order chi connectivity index (χ0) is 13.2. The second-order valence-corrected chi connectivity index (χ2v) is 4.94. The van der Waals surface area contributed by atoms with Crippen LogP contribution in [0.2, 0.25) is 0 Å². The van der Waals surface area contributed by atoms with Gasteiger partial charge in [-0.3, -0.25) is 0 Å². The zero-order valence-corrected chi connectivity index (χ0v) is 11.0. The fraction of sp³-hybridized carbons (Fsp3) is 0.429. The summed E-state index contributed by atoms with van der Waals surface area (Å²) in [6, 6.07) is 8.00. The summed E-state index contributed by atoms with van der Waals surface area (Å²) in [6.07, 6.45) is 2.08. The summed E-state index contributed by atoms with van der Waals surface area (Å²) in [7, 11) is 0. The highest BCUT2D eigenvalue weighted by Crippen LogP contribution is 2.19. The number of para-hydroxylation sites is 1. The lowest BCUT2D eigenvalue weighted by molar-refractivity contribution is -0.0109. The van der Waals surface area contributed by atoms with Crippen LogP contribution in [0.1, 0.15) is 6.92 Å². The van der Waals surface area contributed by atoms with Crippen LogP contribution in [0.4, 0.5) is 5.95 Å². The summed E-state index contributed by atoms with van der Waals surface area (Å²) in [5.74, 6) is 0.757. The fourth-order valence-electron chi connectivity index (χ4n) is 2.45. The van der Waals surface area contributed by atoms with Gasteiger partial charge < -0.3 is 15.4 Å². The minimum Gasteiger partial charge on any atom is -0.370 e. The number of morpholine rings is 1. The fourth-order valence-corrected chi connectivity index (χ4v) is 2.45. The number of nitrogens with zero attached hydrogens (tertiary/aromatic N) is 3. The second-order valence-electron chi connectivity index (χ2n) is 4.94. The molecule has 0 radical (unpaired) electrons.